The normalized spacial score (nSPS) is 10.4. The number of aryl methyl sites for hydroxylation is 1. The second-order valence-corrected chi connectivity index (χ2v) is 3.85. The van der Waals surface area contributed by atoms with Gasteiger partial charge < -0.3 is 9.30 Å². The summed E-state index contributed by atoms with van der Waals surface area (Å²) in [6.45, 7) is 1.99. The second-order valence-electron chi connectivity index (χ2n) is 3.85. The van der Waals surface area contributed by atoms with E-state index in [9.17, 15) is 9.18 Å². The van der Waals surface area contributed by atoms with Crippen molar-refractivity contribution in [1.29, 1.82) is 0 Å². The number of carbonyl (C=O) groups is 1. The molecule has 0 aliphatic rings. The standard InChI is InChI=1S/C12H12FN3O2/c1-8-14-15-12(16(8)2)7-18-11-4-9(6-17)3-10(13)5-11/h3-6H,7H2,1-2H3. The van der Waals surface area contributed by atoms with Crippen LogP contribution in [0.4, 0.5) is 4.39 Å². The monoisotopic (exact) mass is 249 g/mol. The Hall–Kier alpha value is -2.24. The van der Waals surface area contributed by atoms with Crippen LogP contribution in [0.3, 0.4) is 0 Å². The van der Waals surface area contributed by atoms with E-state index in [1.807, 2.05) is 14.0 Å². The van der Waals surface area contributed by atoms with E-state index in [-0.39, 0.29) is 17.9 Å². The molecule has 0 amide bonds. The van der Waals surface area contributed by atoms with E-state index in [0.29, 0.717) is 12.1 Å². The van der Waals surface area contributed by atoms with E-state index >= 15 is 0 Å². The Morgan fingerprint density at radius 3 is 2.78 bits per heavy atom. The van der Waals surface area contributed by atoms with Crippen LogP contribution < -0.4 is 4.74 Å². The fourth-order valence-electron chi connectivity index (χ4n) is 1.46. The molecule has 0 aliphatic carbocycles. The number of carbonyl (C=O) groups excluding carboxylic acids is 1. The van der Waals surface area contributed by atoms with Crippen molar-refractivity contribution in [3.63, 3.8) is 0 Å². The van der Waals surface area contributed by atoms with Crippen molar-refractivity contribution < 1.29 is 13.9 Å². The summed E-state index contributed by atoms with van der Waals surface area (Å²) in [6.07, 6.45) is 0.572. The molecule has 0 saturated heterocycles. The van der Waals surface area contributed by atoms with Crippen molar-refractivity contribution in [2.45, 2.75) is 13.5 Å². The Balaban J connectivity index is 2.13. The first-order chi connectivity index (χ1) is 8.60. The zero-order valence-electron chi connectivity index (χ0n) is 10.1. The number of aldehydes is 1. The Kier molecular flexibility index (Phi) is 3.36. The summed E-state index contributed by atoms with van der Waals surface area (Å²) >= 11 is 0. The van der Waals surface area contributed by atoms with Crippen LogP contribution in [-0.4, -0.2) is 21.1 Å². The van der Waals surface area contributed by atoms with Gasteiger partial charge in [0.05, 0.1) is 0 Å². The zero-order chi connectivity index (χ0) is 13.1. The minimum Gasteiger partial charge on any atom is -0.485 e. The maximum absolute atomic E-state index is 13.2. The molecule has 0 bridgehead atoms. The SMILES string of the molecule is Cc1nnc(COc2cc(F)cc(C=O)c2)n1C. The van der Waals surface area contributed by atoms with Gasteiger partial charge in [-0.25, -0.2) is 4.39 Å². The van der Waals surface area contributed by atoms with Gasteiger partial charge in [-0.05, 0) is 19.1 Å². The molecule has 0 aliphatic heterocycles. The number of aromatic nitrogens is 3. The van der Waals surface area contributed by atoms with Gasteiger partial charge in [0.1, 0.15) is 30.3 Å². The molecule has 2 aromatic rings. The third-order valence-corrected chi connectivity index (χ3v) is 2.58. The molecular weight excluding hydrogens is 237 g/mol. The van der Waals surface area contributed by atoms with Crippen molar-refractivity contribution in [2.75, 3.05) is 0 Å². The van der Waals surface area contributed by atoms with Crippen molar-refractivity contribution in [1.82, 2.24) is 14.8 Å². The number of rotatable bonds is 4. The van der Waals surface area contributed by atoms with E-state index in [4.69, 9.17) is 4.74 Å². The summed E-state index contributed by atoms with van der Waals surface area (Å²) in [7, 11) is 1.82. The molecule has 0 fully saturated rings. The zero-order valence-corrected chi connectivity index (χ0v) is 10.1. The van der Waals surface area contributed by atoms with Crippen LogP contribution in [0.1, 0.15) is 22.0 Å². The lowest BCUT2D eigenvalue weighted by Crippen LogP contribution is -2.04. The van der Waals surface area contributed by atoms with Gasteiger partial charge in [0.15, 0.2) is 5.82 Å². The molecule has 0 radical (unpaired) electrons. The van der Waals surface area contributed by atoms with Crippen LogP contribution in [0, 0.1) is 12.7 Å². The predicted molar refractivity (Wildman–Crippen MR) is 61.9 cm³/mol. The molecule has 1 heterocycles. The fourth-order valence-corrected chi connectivity index (χ4v) is 1.46. The number of hydrogen-bond donors (Lipinski definition) is 0. The number of ether oxygens (including phenoxy) is 1. The average Bonchev–Trinajstić information content (AvgIpc) is 2.67. The van der Waals surface area contributed by atoms with E-state index in [1.54, 1.807) is 4.57 Å². The largest absolute Gasteiger partial charge is 0.485 e. The highest BCUT2D eigenvalue weighted by Gasteiger charge is 2.07. The lowest BCUT2D eigenvalue weighted by atomic mass is 10.2. The maximum atomic E-state index is 13.2. The van der Waals surface area contributed by atoms with Gasteiger partial charge in [0, 0.05) is 18.7 Å². The molecule has 2 rings (SSSR count). The summed E-state index contributed by atoms with van der Waals surface area (Å²) in [5.74, 6) is 1.17. The summed E-state index contributed by atoms with van der Waals surface area (Å²) in [6, 6.07) is 3.84. The van der Waals surface area contributed by atoms with Crippen molar-refractivity contribution in [2.24, 2.45) is 7.05 Å². The third-order valence-electron chi connectivity index (χ3n) is 2.58. The van der Waals surface area contributed by atoms with Crippen LogP contribution in [0.5, 0.6) is 5.75 Å². The number of halogens is 1. The van der Waals surface area contributed by atoms with Gasteiger partial charge in [0.2, 0.25) is 0 Å². The summed E-state index contributed by atoms with van der Waals surface area (Å²) in [5.41, 5.74) is 0.235. The first kappa shape index (κ1) is 12.2. The van der Waals surface area contributed by atoms with Crippen molar-refractivity contribution >= 4 is 6.29 Å². The lowest BCUT2D eigenvalue weighted by molar-refractivity contribution is 0.112. The van der Waals surface area contributed by atoms with Crippen LogP contribution >= 0.6 is 0 Å². The summed E-state index contributed by atoms with van der Waals surface area (Å²) < 4.78 is 20.3. The highest BCUT2D eigenvalue weighted by molar-refractivity contribution is 5.75. The summed E-state index contributed by atoms with van der Waals surface area (Å²) in [5, 5.41) is 7.80. The Morgan fingerprint density at radius 1 is 1.39 bits per heavy atom. The third kappa shape index (κ3) is 2.53. The smallest absolute Gasteiger partial charge is 0.170 e. The molecule has 0 unspecified atom stereocenters. The molecule has 18 heavy (non-hydrogen) atoms. The molecule has 0 atom stereocenters. The fraction of sp³-hybridized carbons (Fsp3) is 0.250. The second kappa shape index (κ2) is 4.95. The van der Waals surface area contributed by atoms with Gasteiger partial charge in [-0.15, -0.1) is 10.2 Å². The highest BCUT2D eigenvalue weighted by Crippen LogP contribution is 2.16. The first-order valence-corrected chi connectivity index (χ1v) is 5.33. The maximum Gasteiger partial charge on any atom is 0.170 e. The van der Waals surface area contributed by atoms with E-state index in [1.165, 1.54) is 12.1 Å². The van der Waals surface area contributed by atoms with Gasteiger partial charge in [0.25, 0.3) is 0 Å². The lowest BCUT2D eigenvalue weighted by Gasteiger charge is -2.06. The molecule has 5 nitrogen and oxygen atoms in total. The minimum absolute atomic E-state index is 0.166. The molecule has 1 aromatic heterocycles. The van der Waals surface area contributed by atoms with Gasteiger partial charge in [-0.3, -0.25) is 4.79 Å². The van der Waals surface area contributed by atoms with E-state index in [0.717, 1.165) is 11.9 Å². The Morgan fingerprint density at radius 2 is 2.17 bits per heavy atom. The number of nitrogens with zero attached hydrogens (tertiary/aromatic N) is 3. The predicted octanol–water partition coefficient (Wildman–Crippen LogP) is 1.65. The Labute approximate surface area is 103 Å². The summed E-state index contributed by atoms with van der Waals surface area (Å²) in [4.78, 5) is 10.6. The molecular formula is C12H12FN3O2. The first-order valence-electron chi connectivity index (χ1n) is 5.33. The molecule has 0 spiro atoms. The minimum atomic E-state index is -0.510. The quantitative estimate of drug-likeness (QED) is 0.773. The van der Waals surface area contributed by atoms with Crippen molar-refractivity contribution in [3.05, 3.63) is 41.2 Å². The molecule has 94 valence electrons. The number of hydrogen-bond acceptors (Lipinski definition) is 4. The van der Waals surface area contributed by atoms with Gasteiger partial charge >= 0.3 is 0 Å². The number of benzene rings is 1. The molecule has 0 N–H and O–H groups in total. The van der Waals surface area contributed by atoms with E-state index in [2.05, 4.69) is 10.2 Å². The Bertz CT molecular complexity index is 581. The molecule has 0 saturated carbocycles. The van der Waals surface area contributed by atoms with Gasteiger partial charge in [-0.1, -0.05) is 0 Å². The van der Waals surface area contributed by atoms with E-state index < -0.39 is 5.82 Å². The topological polar surface area (TPSA) is 57.0 Å². The van der Waals surface area contributed by atoms with Gasteiger partial charge in [-0.2, -0.15) is 0 Å². The van der Waals surface area contributed by atoms with Crippen LogP contribution in [0.15, 0.2) is 18.2 Å². The molecule has 6 heteroatoms. The highest BCUT2D eigenvalue weighted by atomic mass is 19.1. The van der Waals surface area contributed by atoms with Crippen molar-refractivity contribution in [3.8, 4) is 5.75 Å². The van der Waals surface area contributed by atoms with Crippen LogP contribution in [-0.2, 0) is 13.7 Å². The molecule has 1 aromatic carbocycles. The van der Waals surface area contributed by atoms with Crippen LogP contribution in [0.25, 0.3) is 0 Å². The van der Waals surface area contributed by atoms with Crippen LogP contribution in [0.2, 0.25) is 0 Å². The average molecular weight is 249 g/mol.